The molecule has 1 fully saturated rings. The Kier molecular flexibility index (Phi) is 9.27. The maximum Gasteiger partial charge on any atom is 0.573 e. The third-order valence-electron chi connectivity index (χ3n) is 4.32. The molecule has 0 spiro atoms. The smallest absolute Gasteiger partial charge is 0.406 e. The molecular formula is C20H28F3N7O3. The largest absolute Gasteiger partial charge is 0.573 e. The number of hydrogen-bond donors (Lipinski definition) is 4. The topological polar surface area (TPSA) is 128 Å². The highest BCUT2D eigenvalue weighted by molar-refractivity contribution is 5.43. The van der Waals surface area contributed by atoms with Crippen molar-refractivity contribution in [3.05, 3.63) is 29.8 Å². The van der Waals surface area contributed by atoms with Crippen LogP contribution in [0.2, 0.25) is 0 Å². The fourth-order valence-electron chi connectivity index (χ4n) is 2.64. The molecule has 0 unspecified atom stereocenters. The van der Waals surface area contributed by atoms with Gasteiger partial charge in [-0.15, -0.1) is 13.2 Å². The molecule has 3 rings (SSSR count). The zero-order valence-electron chi connectivity index (χ0n) is 18.0. The second kappa shape index (κ2) is 12.4. The molecule has 1 aliphatic rings. The first-order valence-electron chi connectivity index (χ1n) is 10.6. The van der Waals surface area contributed by atoms with Crippen LogP contribution in [-0.2, 0) is 16.0 Å². The maximum atomic E-state index is 12.3. The molecule has 0 atom stereocenters. The fraction of sp³-hybridized carbons (Fsp3) is 0.550. The van der Waals surface area contributed by atoms with E-state index < -0.39 is 6.36 Å². The van der Waals surface area contributed by atoms with E-state index in [1.165, 1.54) is 24.3 Å². The molecule has 1 heterocycles. The molecule has 10 nitrogen and oxygen atoms in total. The lowest BCUT2D eigenvalue weighted by Crippen LogP contribution is -2.17. The van der Waals surface area contributed by atoms with Crippen LogP contribution >= 0.6 is 0 Å². The number of nitrogens with one attached hydrogen (secondary N) is 3. The standard InChI is InChI=1S/C20H28F3N7O3/c21-20(22,23)33-16-5-1-14(2-6-16)13-26-18-28-17(29-19(30-18)27-15-3-4-15)25-8-10-32-12-11-31-9-7-24/h1-2,5-6,15H,3-4,7-13,24H2,(H3,25,26,27,28,29,30). The summed E-state index contributed by atoms with van der Waals surface area (Å²) in [6.45, 7) is 3.17. The minimum atomic E-state index is -4.72. The Morgan fingerprint density at radius 1 is 0.879 bits per heavy atom. The maximum absolute atomic E-state index is 12.3. The predicted octanol–water partition coefficient (Wildman–Crippen LogP) is 2.36. The van der Waals surface area contributed by atoms with Gasteiger partial charge in [0.2, 0.25) is 17.8 Å². The number of anilines is 3. The molecular weight excluding hydrogens is 443 g/mol. The molecule has 1 aliphatic carbocycles. The van der Waals surface area contributed by atoms with E-state index in [2.05, 4.69) is 35.6 Å². The van der Waals surface area contributed by atoms with Crippen LogP contribution in [-0.4, -0.2) is 66.9 Å². The third kappa shape index (κ3) is 10.1. The second-order valence-corrected chi connectivity index (χ2v) is 7.21. The van der Waals surface area contributed by atoms with Gasteiger partial charge in [-0.2, -0.15) is 15.0 Å². The average Bonchev–Trinajstić information content (AvgIpc) is 3.58. The monoisotopic (exact) mass is 471 g/mol. The lowest BCUT2D eigenvalue weighted by molar-refractivity contribution is -0.274. The number of aromatic nitrogens is 3. The van der Waals surface area contributed by atoms with Crippen LogP contribution in [0, 0.1) is 0 Å². The van der Waals surface area contributed by atoms with Crippen LogP contribution < -0.4 is 26.4 Å². The van der Waals surface area contributed by atoms with E-state index in [0.29, 0.717) is 69.9 Å². The molecule has 182 valence electrons. The summed E-state index contributed by atoms with van der Waals surface area (Å²) >= 11 is 0. The fourth-order valence-corrected chi connectivity index (χ4v) is 2.64. The van der Waals surface area contributed by atoms with Gasteiger partial charge in [-0.1, -0.05) is 12.1 Å². The van der Waals surface area contributed by atoms with Crippen molar-refractivity contribution < 1.29 is 27.4 Å². The van der Waals surface area contributed by atoms with Gasteiger partial charge in [0.15, 0.2) is 0 Å². The molecule has 1 saturated carbocycles. The quantitative estimate of drug-likeness (QED) is 0.287. The lowest BCUT2D eigenvalue weighted by atomic mass is 10.2. The molecule has 1 aromatic carbocycles. The number of nitrogens with zero attached hydrogens (tertiary/aromatic N) is 3. The van der Waals surface area contributed by atoms with Gasteiger partial charge in [0.05, 0.1) is 26.4 Å². The number of hydrogen-bond acceptors (Lipinski definition) is 10. The first-order chi connectivity index (χ1) is 15.9. The molecule has 0 amide bonds. The summed E-state index contributed by atoms with van der Waals surface area (Å²) in [7, 11) is 0. The Hall–Kier alpha value is -2.90. The summed E-state index contributed by atoms with van der Waals surface area (Å²) in [6, 6.07) is 5.93. The van der Waals surface area contributed by atoms with Crippen LogP contribution in [0.5, 0.6) is 5.75 Å². The van der Waals surface area contributed by atoms with E-state index in [-0.39, 0.29) is 5.75 Å². The Morgan fingerprint density at radius 2 is 1.52 bits per heavy atom. The zero-order chi connectivity index (χ0) is 23.5. The Balaban J connectivity index is 1.50. The van der Waals surface area contributed by atoms with Gasteiger partial charge < -0.3 is 35.9 Å². The molecule has 5 N–H and O–H groups in total. The minimum Gasteiger partial charge on any atom is -0.406 e. The molecule has 0 radical (unpaired) electrons. The van der Waals surface area contributed by atoms with Crippen molar-refractivity contribution >= 4 is 17.8 Å². The predicted molar refractivity (Wildman–Crippen MR) is 116 cm³/mol. The molecule has 0 bridgehead atoms. The van der Waals surface area contributed by atoms with E-state index in [1.807, 2.05) is 0 Å². The SMILES string of the molecule is NCCOCCOCCNc1nc(NCc2ccc(OC(F)(F)F)cc2)nc(NC2CC2)n1. The van der Waals surface area contributed by atoms with Gasteiger partial charge in [-0.05, 0) is 30.5 Å². The number of alkyl halides is 3. The van der Waals surface area contributed by atoms with Crippen LogP contribution in [0.25, 0.3) is 0 Å². The van der Waals surface area contributed by atoms with Crippen LogP contribution in [0.4, 0.5) is 31.0 Å². The van der Waals surface area contributed by atoms with Gasteiger partial charge in [0.25, 0.3) is 0 Å². The zero-order valence-corrected chi connectivity index (χ0v) is 18.0. The highest BCUT2D eigenvalue weighted by Gasteiger charge is 2.31. The molecule has 13 heteroatoms. The number of nitrogens with two attached hydrogens (primary N) is 1. The van der Waals surface area contributed by atoms with Gasteiger partial charge in [0.1, 0.15) is 5.75 Å². The van der Waals surface area contributed by atoms with Crippen molar-refractivity contribution in [1.29, 1.82) is 0 Å². The van der Waals surface area contributed by atoms with Gasteiger partial charge in [-0.3, -0.25) is 0 Å². The molecule has 0 aliphatic heterocycles. The van der Waals surface area contributed by atoms with Gasteiger partial charge in [-0.25, -0.2) is 0 Å². The van der Waals surface area contributed by atoms with Crippen molar-refractivity contribution in [2.45, 2.75) is 31.8 Å². The number of benzene rings is 1. The molecule has 1 aromatic heterocycles. The summed E-state index contributed by atoms with van der Waals surface area (Å²) in [5, 5.41) is 9.40. The van der Waals surface area contributed by atoms with Crippen LogP contribution in [0.3, 0.4) is 0 Å². The van der Waals surface area contributed by atoms with Crippen molar-refractivity contribution in [3.63, 3.8) is 0 Å². The van der Waals surface area contributed by atoms with Crippen molar-refractivity contribution in [2.75, 3.05) is 55.5 Å². The number of halogens is 3. The van der Waals surface area contributed by atoms with E-state index >= 15 is 0 Å². The lowest BCUT2D eigenvalue weighted by Gasteiger charge is -2.12. The summed E-state index contributed by atoms with van der Waals surface area (Å²) in [5.74, 6) is 0.888. The van der Waals surface area contributed by atoms with Crippen molar-refractivity contribution in [3.8, 4) is 5.75 Å². The summed E-state index contributed by atoms with van der Waals surface area (Å²) < 4.78 is 51.5. The Bertz CT molecular complexity index is 852. The van der Waals surface area contributed by atoms with E-state index in [4.69, 9.17) is 15.2 Å². The first kappa shape index (κ1) is 24.7. The van der Waals surface area contributed by atoms with Crippen molar-refractivity contribution in [2.24, 2.45) is 5.73 Å². The average molecular weight is 471 g/mol. The summed E-state index contributed by atoms with van der Waals surface area (Å²) in [6.07, 6.45) is -2.60. The summed E-state index contributed by atoms with van der Waals surface area (Å²) in [5.41, 5.74) is 6.08. The number of rotatable bonds is 15. The molecule has 0 saturated heterocycles. The van der Waals surface area contributed by atoms with E-state index in [9.17, 15) is 13.2 Å². The van der Waals surface area contributed by atoms with E-state index in [1.54, 1.807) is 0 Å². The van der Waals surface area contributed by atoms with Crippen molar-refractivity contribution in [1.82, 2.24) is 15.0 Å². The highest BCUT2D eigenvalue weighted by Crippen LogP contribution is 2.24. The number of ether oxygens (including phenoxy) is 3. The van der Waals surface area contributed by atoms with E-state index in [0.717, 1.165) is 18.4 Å². The highest BCUT2D eigenvalue weighted by atomic mass is 19.4. The first-order valence-corrected chi connectivity index (χ1v) is 10.6. The summed E-state index contributed by atoms with van der Waals surface area (Å²) in [4.78, 5) is 13.1. The molecule has 33 heavy (non-hydrogen) atoms. The van der Waals surface area contributed by atoms with Crippen LogP contribution in [0.1, 0.15) is 18.4 Å². The second-order valence-electron chi connectivity index (χ2n) is 7.21. The normalized spacial score (nSPS) is 13.6. The van der Waals surface area contributed by atoms with Crippen LogP contribution in [0.15, 0.2) is 24.3 Å². The molecule has 2 aromatic rings. The minimum absolute atomic E-state index is 0.276. The van der Waals surface area contributed by atoms with Gasteiger partial charge in [0, 0.05) is 25.7 Å². The third-order valence-corrected chi connectivity index (χ3v) is 4.32. The van der Waals surface area contributed by atoms with Gasteiger partial charge >= 0.3 is 6.36 Å². The Labute approximate surface area is 189 Å². The Morgan fingerprint density at radius 3 is 2.15 bits per heavy atom.